The highest BCUT2D eigenvalue weighted by Gasteiger charge is 2.20. The molecule has 0 bridgehead atoms. The van der Waals surface area contributed by atoms with E-state index in [9.17, 15) is 0 Å². The van der Waals surface area contributed by atoms with Gasteiger partial charge in [-0.1, -0.05) is 13.8 Å². The smallest absolute Gasteiger partial charge is 0.0471 e. The molecule has 1 N–H and O–H groups in total. The molecule has 0 aliphatic rings. The van der Waals surface area contributed by atoms with Crippen LogP contribution < -0.4 is 5.32 Å². The fourth-order valence-corrected chi connectivity index (χ4v) is 1.09. The van der Waals surface area contributed by atoms with Crippen molar-refractivity contribution in [2.24, 2.45) is 5.41 Å². The SMILES string of the molecule is CCOCCC(C)(C)CNC(C)(C)C. The van der Waals surface area contributed by atoms with E-state index in [2.05, 4.69) is 39.9 Å². The van der Waals surface area contributed by atoms with Gasteiger partial charge in [0.15, 0.2) is 0 Å². The number of rotatable bonds is 6. The second-order valence-electron chi connectivity index (χ2n) is 5.71. The van der Waals surface area contributed by atoms with Gasteiger partial charge in [-0.05, 0) is 39.5 Å². The monoisotopic (exact) mass is 201 g/mol. The summed E-state index contributed by atoms with van der Waals surface area (Å²) in [5, 5.41) is 3.53. The van der Waals surface area contributed by atoms with Gasteiger partial charge in [0.05, 0.1) is 0 Å². The second-order valence-corrected chi connectivity index (χ2v) is 5.71. The van der Waals surface area contributed by atoms with Crippen LogP contribution in [0.1, 0.15) is 48.0 Å². The Morgan fingerprint density at radius 1 is 1.07 bits per heavy atom. The van der Waals surface area contributed by atoms with Gasteiger partial charge in [-0.2, -0.15) is 0 Å². The van der Waals surface area contributed by atoms with E-state index in [1.165, 1.54) is 0 Å². The van der Waals surface area contributed by atoms with E-state index in [4.69, 9.17) is 4.74 Å². The summed E-state index contributed by atoms with van der Waals surface area (Å²) in [7, 11) is 0. The standard InChI is InChI=1S/C12H27NO/c1-7-14-9-8-12(5,6)10-13-11(2,3)4/h13H,7-10H2,1-6H3. The minimum absolute atomic E-state index is 0.211. The zero-order valence-electron chi connectivity index (χ0n) is 10.7. The molecule has 2 nitrogen and oxygen atoms in total. The average Bonchev–Trinajstić information content (AvgIpc) is 2.00. The van der Waals surface area contributed by atoms with Crippen LogP contribution in [0.25, 0.3) is 0 Å². The van der Waals surface area contributed by atoms with E-state index < -0.39 is 0 Å². The largest absolute Gasteiger partial charge is 0.382 e. The highest BCUT2D eigenvalue weighted by atomic mass is 16.5. The molecule has 0 radical (unpaired) electrons. The highest BCUT2D eigenvalue weighted by molar-refractivity contribution is 4.77. The van der Waals surface area contributed by atoms with Gasteiger partial charge in [0.2, 0.25) is 0 Å². The van der Waals surface area contributed by atoms with Crippen molar-refractivity contribution in [1.29, 1.82) is 0 Å². The van der Waals surface area contributed by atoms with Crippen LogP contribution in [-0.2, 0) is 4.74 Å². The Morgan fingerprint density at radius 2 is 1.64 bits per heavy atom. The number of ether oxygens (including phenoxy) is 1. The van der Waals surface area contributed by atoms with Gasteiger partial charge in [0, 0.05) is 25.3 Å². The van der Waals surface area contributed by atoms with Gasteiger partial charge in [0.25, 0.3) is 0 Å². The highest BCUT2D eigenvalue weighted by Crippen LogP contribution is 2.20. The lowest BCUT2D eigenvalue weighted by Gasteiger charge is -2.30. The van der Waals surface area contributed by atoms with Crippen molar-refractivity contribution in [1.82, 2.24) is 5.32 Å². The lowest BCUT2D eigenvalue weighted by Crippen LogP contribution is -2.42. The molecule has 14 heavy (non-hydrogen) atoms. The maximum atomic E-state index is 5.37. The van der Waals surface area contributed by atoms with E-state index in [0.717, 1.165) is 26.2 Å². The molecular formula is C12H27NO. The summed E-state index contributed by atoms with van der Waals surface area (Å²) in [6.45, 7) is 15.9. The van der Waals surface area contributed by atoms with Crippen LogP contribution >= 0.6 is 0 Å². The summed E-state index contributed by atoms with van der Waals surface area (Å²) >= 11 is 0. The van der Waals surface area contributed by atoms with Crippen LogP contribution in [0, 0.1) is 5.41 Å². The molecule has 0 unspecified atom stereocenters. The summed E-state index contributed by atoms with van der Waals surface area (Å²) in [5.74, 6) is 0. The van der Waals surface area contributed by atoms with Gasteiger partial charge in [-0.15, -0.1) is 0 Å². The molecule has 0 rings (SSSR count). The van der Waals surface area contributed by atoms with Crippen LogP contribution in [0.4, 0.5) is 0 Å². The Morgan fingerprint density at radius 3 is 2.07 bits per heavy atom. The molecule has 0 heterocycles. The third kappa shape index (κ3) is 8.52. The van der Waals surface area contributed by atoms with Crippen LogP contribution in [0.15, 0.2) is 0 Å². The fraction of sp³-hybridized carbons (Fsp3) is 1.00. The minimum Gasteiger partial charge on any atom is -0.382 e. The lowest BCUT2D eigenvalue weighted by molar-refractivity contribution is 0.111. The molecule has 0 spiro atoms. The summed E-state index contributed by atoms with van der Waals surface area (Å²) in [6.07, 6.45) is 1.12. The van der Waals surface area contributed by atoms with E-state index in [-0.39, 0.29) is 5.54 Å². The summed E-state index contributed by atoms with van der Waals surface area (Å²) in [6, 6.07) is 0. The molecule has 0 saturated heterocycles. The number of nitrogens with one attached hydrogen (secondary N) is 1. The molecule has 2 heteroatoms. The van der Waals surface area contributed by atoms with Crippen LogP contribution in [0.2, 0.25) is 0 Å². The van der Waals surface area contributed by atoms with Crippen molar-refractivity contribution < 1.29 is 4.74 Å². The first-order chi connectivity index (χ1) is 6.27. The summed E-state index contributed by atoms with van der Waals surface area (Å²) in [4.78, 5) is 0. The molecular weight excluding hydrogens is 174 g/mol. The third-order valence-electron chi connectivity index (χ3n) is 2.22. The van der Waals surface area contributed by atoms with Crippen molar-refractivity contribution >= 4 is 0 Å². The fourth-order valence-electron chi connectivity index (χ4n) is 1.09. The summed E-state index contributed by atoms with van der Waals surface area (Å²) < 4.78 is 5.37. The van der Waals surface area contributed by atoms with Gasteiger partial charge in [-0.3, -0.25) is 0 Å². The maximum Gasteiger partial charge on any atom is 0.0471 e. The zero-order chi connectivity index (χ0) is 11.2. The Bertz CT molecular complexity index is 147. The van der Waals surface area contributed by atoms with Crippen LogP contribution in [0.5, 0.6) is 0 Å². The van der Waals surface area contributed by atoms with E-state index >= 15 is 0 Å². The van der Waals surface area contributed by atoms with E-state index in [0.29, 0.717) is 5.41 Å². The number of hydrogen-bond donors (Lipinski definition) is 1. The Hall–Kier alpha value is -0.0800. The third-order valence-corrected chi connectivity index (χ3v) is 2.22. The molecule has 0 amide bonds. The molecule has 0 aromatic rings. The van der Waals surface area contributed by atoms with Gasteiger partial charge < -0.3 is 10.1 Å². The predicted octanol–water partition coefficient (Wildman–Crippen LogP) is 2.83. The first kappa shape index (κ1) is 13.9. The normalized spacial score (nSPS) is 13.3. The van der Waals surface area contributed by atoms with Gasteiger partial charge in [-0.25, -0.2) is 0 Å². The zero-order valence-corrected chi connectivity index (χ0v) is 10.7. The molecule has 0 saturated carbocycles. The van der Waals surface area contributed by atoms with Gasteiger partial charge in [0.1, 0.15) is 0 Å². The van der Waals surface area contributed by atoms with Crippen molar-refractivity contribution in [3.63, 3.8) is 0 Å². The van der Waals surface area contributed by atoms with Crippen molar-refractivity contribution in [3.8, 4) is 0 Å². The molecule has 0 aliphatic carbocycles. The van der Waals surface area contributed by atoms with Crippen LogP contribution in [-0.4, -0.2) is 25.3 Å². The van der Waals surface area contributed by atoms with Crippen molar-refractivity contribution in [2.45, 2.75) is 53.5 Å². The molecule has 0 atom stereocenters. The molecule has 0 aliphatic heterocycles. The molecule has 0 fully saturated rings. The topological polar surface area (TPSA) is 21.3 Å². The van der Waals surface area contributed by atoms with E-state index in [1.54, 1.807) is 0 Å². The quantitative estimate of drug-likeness (QED) is 0.667. The molecule has 86 valence electrons. The predicted molar refractivity (Wildman–Crippen MR) is 62.6 cm³/mol. The average molecular weight is 201 g/mol. The van der Waals surface area contributed by atoms with E-state index in [1.807, 2.05) is 6.92 Å². The number of hydrogen-bond acceptors (Lipinski definition) is 2. The van der Waals surface area contributed by atoms with Gasteiger partial charge >= 0.3 is 0 Å². The van der Waals surface area contributed by atoms with Crippen molar-refractivity contribution in [2.75, 3.05) is 19.8 Å². The summed E-state index contributed by atoms with van der Waals surface area (Å²) in [5.41, 5.74) is 0.533. The first-order valence-electron chi connectivity index (χ1n) is 5.60. The van der Waals surface area contributed by atoms with Crippen molar-refractivity contribution in [3.05, 3.63) is 0 Å². The Balaban J connectivity index is 3.72. The minimum atomic E-state index is 0.211. The second kappa shape index (κ2) is 5.72. The van der Waals surface area contributed by atoms with Crippen LogP contribution in [0.3, 0.4) is 0 Å². The molecule has 0 aromatic heterocycles. The lowest BCUT2D eigenvalue weighted by atomic mass is 9.88. The Labute approximate surface area is 89.4 Å². The maximum absolute atomic E-state index is 5.37. The Kier molecular flexibility index (Phi) is 5.68. The first-order valence-corrected chi connectivity index (χ1v) is 5.60. The molecule has 0 aromatic carbocycles.